The molecule has 1 N–H and O–H groups in total. The Morgan fingerprint density at radius 3 is 2.60 bits per heavy atom. The Bertz CT molecular complexity index is 1010. The molecule has 4 rings (SSSR count). The molecule has 0 radical (unpaired) electrons. The maximum atomic E-state index is 12.5. The van der Waals surface area contributed by atoms with Gasteiger partial charge < -0.3 is 9.80 Å². The number of hydrogen-bond donors (Lipinski definition) is 1. The summed E-state index contributed by atoms with van der Waals surface area (Å²) in [5, 5.41) is 9.04. The molecule has 1 aliphatic heterocycles. The van der Waals surface area contributed by atoms with Crippen molar-refractivity contribution >= 4 is 23.6 Å². The second kappa shape index (κ2) is 9.69. The summed E-state index contributed by atoms with van der Waals surface area (Å²) < 4.78 is 1.78. The number of carbonyl (C=O) groups excluding carboxylic acids is 1. The van der Waals surface area contributed by atoms with Crippen LogP contribution in [0.1, 0.15) is 16.8 Å². The minimum absolute atomic E-state index is 0.0226. The van der Waals surface area contributed by atoms with Crippen molar-refractivity contribution in [3.05, 3.63) is 88.7 Å². The van der Waals surface area contributed by atoms with Gasteiger partial charge in [0, 0.05) is 16.7 Å². The zero-order chi connectivity index (χ0) is 20.8. The number of nitrogens with one attached hydrogen (secondary N) is 1. The molecule has 1 aliphatic rings. The molecule has 1 aromatic heterocycles. The number of halogens is 1. The van der Waals surface area contributed by atoms with Crippen LogP contribution in [0, 0.1) is 0 Å². The van der Waals surface area contributed by atoms with Gasteiger partial charge in [-0.15, -0.1) is 5.10 Å². The third-order valence-electron chi connectivity index (χ3n) is 5.27. The SMILES string of the molecule is O=C(/C=C/c1cn(Cc2ccccc2)nn1)N1CC[NH+](Cc2cccc(Cl)c2)CC1. The molecule has 0 unspecified atom stereocenters. The summed E-state index contributed by atoms with van der Waals surface area (Å²) in [5.41, 5.74) is 3.08. The van der Waals surface area contributed by atoms with Crippen LogP contribution in [0.15, 0.2) is 66.9 Å². The largest absolute Gasteiger partial charge is 0.328 e. The molecule has 3 aromatic rings. The van der Waals surface area contributed by atoms with E-state index in [1.807, 2.05) is 47.5 Å². The molecule has 6 nitrogen and oxygen atoms in total. The minimum atomic E-state index is 0.0226. The Labute approximate surface area is 181 Å². The molecule has 154 valence electrons. The van der Waals surface area contributed by atoms with E-state index in [0.717, 1.165) is 43.3 Å². The number of rotatable bonds is 6. The minimum Gasteiger partial charge on any atom is -0.328 e. The highest BCUT2D eigenvalue weighted by Crippen LogP contribution is 2.10. The van der Waals surface area contributed by atoms with Gasteiger partial charge in [0.15, 0.2) is 0 Å². The van der Waals surface area contributed by atoms with Crippen LogP contribution in [-0.2, 0) is 17.9 Å². The molecule has 0 aliphatic carbocycles. The van der Waals surface area contributed by atoms with Crippen LogP contribution in [0.4, 0.5) is 0 Å². The van der Waals surface area contributed by atoms with Crippen LogP contribution < -0.4 is 4.90 Å². The van der Waals surface area contributed by atoms with Gasteiger partial charge in [-0.3, -0.25) is 4.79 Å². The lowest BCUT2D eigenvalue weighted by Gasteiger charge is -2.31. The maximum absolute atomic E-state index is 12.5. The first-order valence-corrected chi connectivity index (χ1v) is 10.5. The molecule has 0 atom stereocenters. The van der Waals surface area contributed by atoms with E-state index in [1.165, 1.54) is 10.5 Å². The van der Waals surface area contributed by atoms with Crippen LogP contribution in [0.5, 0.6) is 0 Å². The van der Waals surface area contributed by atoms with Gasteiger partial charge in [-0.05, 0) is 23.8 Å². The van der Waals surface area contributed by atoms with Crippen LogP contribution in [0.3, 0.4) is 0 Å². The summed E-state index contributed by atoms with van der Waals surface area (Å²) in [6, 6.07) is 18.1. The molecule has 7 heteroatoms. The van der Waals surface area contributed by atoms with Crippen molar-refractivity contribution in [1.29, 1.82) is 0 Å². The summed E-state index contributed by atoms with van der Waals surface area (Å²) in [4.78, 5) is 15.9. The predicted molar refractivity (Wildman–Crippen MR) is 117 cm³/mol. The standard InChI is InChI=1S/C23H24ClN5O/c24-21-8-4-7-20(15-21)16-27-11-13-28(14-12-27)23(30)10-9-22-18-29(26-25-22)17-19-5-2-1-3-6-19/h1-10,15,18H,11-14,16-17H2/p+1/b10-9+. The molecule has 1 fully saturated rings. The smallest absolute Gasteiger partial charge is 0.247 e. The number of piperazine rings is 1. The molecule has 1 amide bonds. The first kappa shape index (κ1) is 20.3. The quantitative estimate of drug-likeness (QED) is 0.617. The van der Waals surface area contributed by atoms with Gasteiger partial charge in [0.25, 0.3) is 0 Å². The van der Waals surface area contributed by atoms with Crippen molar-refractivity contribution in [2.45, 2.75) is 13.1 Å². The fourth-order valence-electron chi connectivity index (χ4n) is 3.66. The van der Waals surface area contributed by atoms with Gasteiger partial charge in [0.1, 0.15) is 12.2 Å². The summed E-state index contributed by atoms with van der Waals surface area (Å²) in [6.07, 6.45) is 5.19. The molecule has 0 saturated carbocycles. The zero-order valence-corrected chi connectivity index (χ0v) is 17.5. The summed E-state index contributed by atoms with van der Waals surface area (Å²) in [7, 11) is 0. The topological polar surface area (TPSA) is 55.5 Å². The van der Waals surface area contributed by atoms with Crippen LogP contribution in [0.25, 0.3) is 6.08 Å². The van der Waals surface area contributed by atoms with E-state index in [-0.39, 0.29) is 5.91 Å². The first-order chi connectivity index (χ1) is 14.7. The van der Waals surface area contributed by atoms with Crippen molar-refractivity contribution in [1.82, 2.24) is 19.9 Å². The van der Waals surface area contributed by atoms with Gasteiger partial charge in [-0.2, -0.15) is 0 Å². The van der Waals surface area contributed by atoms with Crippen molar-refractivity contribution in [2.75, 3.05) is 26.2 Å². The molecule has 0 spiro atoms. The summed E-state index contributed by atoms with van der Waals surface area (Å²) >= 11 is 6.07. The lowest BCUT2D eigenvalue weighted by Crippen LogP contribution is -3.13. The fourth-order valence-corrected chi connectivity index (χ4v) is 3.87. The zero-order valence-electron chi connectivity index (χ0n) is 16.7. The van der Waals surface area contributed by atoms with E-state index in [1.54, 1.807) is 16.8 Å². The highest BCUT2D eigenvalue weighted by Gasteiger charge is 2.22. The van der Waals surface area contributed by atoms with Crippen molar-refractivity contribution in [3.63, 3.8) is 0 Å². The number of carbonyl (C=O) groups is 1. The Kier molecular flexibility index (Phi) is 6.57. The Balaban J connectivity index is 1.26. The van der Waals surface area contributed by atoms with E-state index in [2.05, 4.69) is 28.5 Å². The van der Waals surface area contributed by atoms with Crippen LogP contribution in [0.2, 0.25) is 5.02 Å². The number of aromatic nitrogens is 3. The highest BCUT2D eigenvalue weighted by molar-refractivity contribution is 6.30. The van der Waals surface area contributed by atoms with Gasteiger partial charge in [-0.25, -0.2) is 4.68 Å². The highest BCUT2D eigenvalue weighted by atomic mass is 35.5. The lowest BCUT2D eigenvalue weighted by atomic mass is 10.2. The molecule has 0 bridgehead atoms. The number of hydrogen-bond acceptors (Lipinski definition) is 3. The van der Waals surface area contributed by atoms with Gasteiger partial charge in [-0.1, -0.05) is 59.3 Å². The molecule has 1 saturated heterocycles. The van der Waals surface area contributed by atoms with Gasteiger partial charge in [0.05, 0.1) is 38.9 Å². The molecule has 2 heterocycles. The van der Waals surface area contributed by atoms with E-state index in [0.29, 0.717) is 12.2 Å². The second-order valence-electron chi connectivity index (χ2n) is 7.54. The van der Waals surface area contributed by atoms with E-state index >= 15 is 0 Å². The van der Waals surface area contributed by atoms with E-state index in [4.69, 9.17) is 11.6 Å². The Morgan fingerprint density at radius 2 is 1.83 bits per heavy atom. The summed E-state index contributed by atoms with van der Waals surface area (Å²) in [6.45, 7) is 4.95. The third-order valence-corrected chi connectivity index (χ3v) is 5.50. The first-order valence-electron chi connectivity index (χ1n) is 10.1. The fraction of sp³-hybridized carbons (Fsp3) is 0.261. The molecular formula is C23H25ClN5O+. The van der Waals surface area contributed by atoms with Gasteiger partial charge >= 0.3 is 0 Å². The maximum Gasteiger partial charge on any atom is 0.247 e. The average molecular weight is 423 g/mol. The second-order valence-corrected chi connectivity index (χ2v) is 7.98. The normalized spacial score (nSPS) is 15.0. The van der Waals surface area contributed by atoms with Crippen LogP contribution >= 0.6 is 11.6 Å². The predicted octanol–water partition coefficient (Wildman–Crippen LogP) is 1.92. The van der Waals surface area contributed by atoms with E-state index < -0.39 is 0 Å². The average Bonchev–Trinajstić information content (AvgIpc) is 3.20. The third kappa shape index (κ3) is 5.55. The molecule has 2 aromatic carbocycles. The van der Waals surface area contributed by atoms with Crippen LogP contribution in [-0.4, -0.2) is 52.0 Å². The number of quaternary nitrogens is 1. The lowest BCUT2D eigenvalue weighted by molar-refractivity contribution is -0.917. The number of amides is 1. The molecule has 30 heavy (non-hydrogen) atoms. The van der Waals surface area contributed by atoms with Crippen molar-refractivity contribution in [2.24, 2.45) is 0 Å². The Hall–Kier alpha value is -2.96. The van der Waals surface area contributed by atoms with Crippen molar-refractivity contribution in [3.8, 4) is 0 Å². The number of nitrogens with zero attached hydrogens (tertiary/aromatic N) is 4. The van der Waals surface area contributed by atoms with Gasteiger partial charge in [0.2, 0.25) is 5.91 Å². The number of benzene rings is 2. The summed E-state index contributed by atoms with van der Waals surface area (Å²) in [5.74, 6) is 0.0226. The van der Waals surface area contributed by atoms with E-state index in [9.17, 15) is 4.79 Å². The Morgan fingerprint density at radius 1 is 1.07 bits per heavy atom. The monoisotopic (exact) mass is 422 g/mol. The molecular weight excluding hydrogens is 398 g/mol. The van der Waals surface area contributed by atoms with Crippen molar-refractivity contribution < 1.29 is 9.69 Å².